The van der Waals surface area contributed by atoms with Crippen LogP contribution in [0.15, 0.2) is 30.4 Å². The maximum atomic E-state index is 12.6. The van der Waals surface area contributed by atoms with Gasteiger partial charge in [0.2, 0.25) is 17.7 Å². The molecule has 4 rings (SSSR count). The Morgan fingerprint density at radius 3 is 2.48 bits per heavy atom. The van der Waals surface area contributed by atoms with E-state index < -0.39 is 5.91 Å². The summed E-state index contributed by atoms with van der Waals surface area (Å²) in [4.78, 5) is 38.7. The van der Waals surface area contributed by atoms with Crippen molar-refractivity contribution in [3.63, 3.8) is 0 Å². The molecule has 1 aromatic carbocycles. The molecule has 2 fully saturated rings. The van der Waals surface area contributed by atoms with Crippen LogP contribution in [0.5, 0.6) is 5.75 Å². The summed E-state index contributed by atoms with van der Waals surface area (Å²) >= 11 is 5.95. The average molecular weight is 361 g/mol. The fourth-order valence-corrected chi connectivity index (χ4v) is 4.40. The third kappa shape index (κ3) is 2.52. The normalized spacial score (nSPS) is 29.3. The summed E-state index contributed by atoms with van der Waals surface area (Å²) in [6.07, 6.45) is 4.92. The fourth-order valence-electron chi connectivity index (χ4n) is 4.23. The largest absolute Gasteiger partial charge is 0.495 e. The molecule has 2 bridgehead atoms. The third-order valence-corrected chi connectivity index (χ3v) is 5.53. The highest BCUT2D eigenvalue weighted by molar-refractivity contribution is 6.31. The van der Waals surface area contributed by atoms with E-state index in [1.165, 1.54) is 7.11 Å². The highest BCUT2D eigenvalue weighted by atomic mass is 35.5. The Morgan fingerprint density at radius 2 is 1.88 bits per heavy atom. The molecule has 25 heavy (non-hydrogen) atoms. The van der Waals surface area contributed by atoms with Crippen LogP contribution in [0.25, 0.3) is 0 Å². The number of hydrogen-bond donors (Lipinski definition) is 1. The van der Waals surface area contributed by atoms with E-state index in [9.17, 15) is 14.4 Å². The van der Waals surface area contributed by atoms with Crippen LogP contribution in [0.3, 0.4) is 0 Å². The first-order chi connectivity index (χ1) is 12.0. The minimum absolute atomic E-state index is 0.132. The van der Waals surface area contributed by atoms with Gasteiger partial charge < -0.3 is 10.1 Å². The Morgan fingerprint density at radius 1 is 1.24 bits per heavy atom. The summed E-state index contributed by atoms with van der Waals surface area (Å²) in [5.41, 5.74) is 0.404. The van der Waals surface area contributed by atoms with Crippen LogP contribution in [0.4, 0.5) is 5.69 Å². The zero-order valence-electron chi connectivity index (χ0n) is 13.6. The van der Waals surface area contributed by atoms with E-state index in [2.05, 4.69) is 5.32 Å². The lowest BCUT2D eigenvalue weighted by molar-refractivity contribution is -0.143. The summed E-state index contributed by atoms with van der Waals surface area (Å²) in [6.45, 7) is -0.292. The summed E-state index contributed by atoms with van der Waals surface area (Å²) < 4.78 is 5.18. The van der Waals surface area contributed by atoms with E-state index in [1.54, 1.807) is 18.2 Å². The van der Waals surface area contributed by atoms with E-state index in [0.717, 1.165) is 11.3 Å². The number of imide groups is 1. The number of ether oxygens (including phenoxy) is 1. The molecule has 130 valence electrons. The first-order valence-corrected chi connectivity index (χ1v) is 8.54. The number of nitrogens with one attached hydrogen (secondary N) is 1. The Kier molecular flexibility index (Phi) is 3.80. The van der Waals surface area contributed by atoms with Crippen molar-refractivity contribution < 1.29 is 19.1 Å². The number of fused-ring (bicyclic) bond motifs is 5. The van der Waals surface area contributed by atoms with Crippen molar-refractivity contribution in [2.75, 3.05) is 19.0 Å². The topological polar surface area (TPSA) is 75.7 Å². The van der Waals surface area contributed by atoms with Gasteiger partial charge in [-0.15, -0.1) is 0 Å². The monoisotopic (exact) mass is 360 g/mol. The number of halogens is 1. The van der Waals surface area contributed by atoms with Crippen molar-refractivity contribution in [2.24, 2.45) is 23.7 Å². The molecule has 3 aliphatic rings. The van der Waals surface area contributed by atoms with Gasteiger partial charge in [0, 0.05) is 5.02 Å². The number of nitrogens with zero attached hydrogens (tertiary/aromatic N) is 1. The molecular weight excluding hydrogens is 344 g/mol. The molecule has 6 nitrogen and oxygen atoms in total. The molecule has 0 radical (unpaired) electrons. The number of hydrogen-bond acceptors (Lipinski definition) is 4. The molecular formula is C18H17ClN2O4. The van der Waals surface area contributed by atoms with Crippen molar-refractivity contribution in [1.29, 1.82) is 0 Å². The van der Waals surface area contributed by atoms with E-state index in [0.29, 0.717) is 16.5 Å². The maximum Gasteiger partial charge on any atom is 0.244 e. The Labute approximate surface area is 149 Å². The predicted molar refractivity (Wildman–Crippen MR) is 91.1 cm³/mol. The number of amides is 3. The second kappa shape index (κ2) is 5.88. The van der Waals surface area contributed by atoms with Crippen LogP contribution < -0.4 is 10.1 Å². The predicted octanol–water partition coefficient (Wildman–Crippen LogP) is 2.09. The summed E-state index contributed by atoms with van der Waals surface area (Å²) in [5, 5.41) is 3.11. The van der Waals surface area contributed by atoms with Crippen LogP contribution in [-0.4, -0.2) is 36.3 Å². The molecule has 0 unspecified atom stereocenters. The van der Waals surface area contributed by atoms with Gasteiger partial charge in [0.25, 0.3) is 0 Å². The molecule has 1 saturated heterocycles. The van der Waals surface area contributed by atoms with Gasteiger partial charge in [-0.1, -0.05) is 23.8 Å². The molecule has 1 aromatic rings. The molecule has 1 aliphatic heterocycles. The van der Waals surface area contributed by atoms with Crippen molar-refractivity contribution in [2.45, 2.75) is 6.42 Å². The number of anilines is 1. The molecule has 0 aromatic heterocycles. The third-order valence-electron chi connectivity index (χ3n) is 5.30. The molecule has 1 heterocycles. The van der Waals surface area contributed by atoms with Crippen LogP contribution in [0.2, 0.25) is 5.02 Å². The molecule has 4 atom stereocenters. The lowest BCUT2D eigenvalue weighted by Crippen LogP contribution is -2.39. The quantitative estimate of drug-likeness (QED) is 0.659. The fraction of sp³-hybridized carbons (Fsp3) is 0.389. The van der Waals surface area contributed by atoms with Crippen LogP contribution in [-0.2, 0) is 14.4 Å². The van der Waals surface area contributed by atoms with Gasteiger partial charge >= 0.3 is 0 Å². The molecule has 1 saturated carbocycles. The summed E-state index contributed by atoms with van der Waals surface area (Å²) in [6, 6.07) is 4.84. The minimum atomic E-state index is -0.456. The summed E-state index contributed by atoms with van der Waals surface area (Å²) in [5.74, 6) is -0.800. The highest BCUT2D eigenvalue weighted by Crippen LogP contribution is 2.52. The van der Waals surface area contributed by atoms with E-state index in [-0.39, 0.29) is 42.0 Å². The van der Waals surface area contributed by atoms with Gasteiger partial charge in [0.1, 0.15) is 12.3 Å². The lowest BCUT2D eigenvalue weighted by atomic mass is 9.85. The van der Waals surface area contributed by atoms with E-state index in [4.69, 9.17) is 16.3 Å². The SMILES string of the molecule is COc1ccc(Cl)cc1NC(=O)CN1C(=O)[C@@H]2[C@@H](C1=O)[C@H]1C=C[C@@H]2C1. The molecule has 2 aliphatic carbocycles. The minimum Gasteiger partial charge on any atom is -0.495 e. The van der Waals surface area contributed by atoms with E-state index >= 15 is 0 Å². The van der Waals surface area contributed by atoms with Gasteiger partial charge in [0.15, 0.2) is 0 Å². The van der Waals surface area contributed by atoms with Crippen molar-refractivity contribution >= 4 is 35.0 Å². The zero-order chi connectivity index (χ0) is 17.7. The van der Waals surface area contributed by atoms with Crippen LogP contribution in [0, 0.1) is 23.7 Å². The van der Waals surface area contributed by atoms with Crippen molar-refractivity contribution in [3.8, 4) is 5.75 Å². The Hall–Kier alpha value is -2.34. The molecule has 1 N–H and O–H groups in total. The second-order valence-corrected chi connectivity index (χ2v) is 7.09. The second-order valence-electron chi connectivity index (χ2n) is 6.66. The van der Waals surface area contributed by atoms with Crippen LogP contribution >= 0.6 is 11.6 Å². The zero-order valence-corrected chi connectivity index (χ0v) is 14.3. The number of likely N-dealkylation sites (tertiary alicyclic amines) is 1. The number of carbonyl (C=O) groups excluding carboxylic acids is 3. The maximum absolute atomic E-state index is 12.6. The van der Waals surface area contributed by atoms with Gasteiger partial charge in [-0.05, 0) is 36.5 Å². The first kappa shape index (κ1) is 16.1. The average Bonchev–Trinajstić information content (AvgIpc) is 3.25. The smallest absolute Gasteiger partial charge is 0.244 e. The van der Waals surface area contributed by atoms with Crippen LogP contribution in [0.1, 0.15) is 6.42 Å². The Bertz CT molecular complexity index is 776. The molecule has 0 spiro atoms. The highest BCUT2D eigenvalue weighted by Gasteiger charge is 2.59. The Balaban J connectivity index is 1.48. The van der Waals surface area contributed by atoms with Gasteiger partial charge in [-0.25, -0.2) is 0 Å². The van der Waals surface area contributed by atoms with Crippen molar-refractivity contribution in [1.82, 2.24) is 4.90 Å². The van der Waals surface area contributed by atoms with Gasteiger partial charge in [0.05, 0.1) is 24.6 Å². The number of benzene rings is 1. The van der Waals surface area contributed by atoms with Gasteiger partial charge in [-0.2, -0.15) is 0 Å². The number of carbonyl (C=O) groups is 3. The number of rotatable bonds is 4. The van der Waals surface area contributed by atoms with Crippen molar-refractivity contribution in [3.05, 3.63) is 35.4 Å². The number of allylic oxidation sites excluding steroid dienone is 2. The molecule has 7 heteroatoms. The first-order valence-electron chi connectivity index (χ1n) is 8.16. The van der Waals surface area contributed by atoms with Gasteiger partial charge in [-0.3, -0.25) is 19.3 Å². The standard InChI is InChI=1S/C18H17ClN2O4/c1-25-13-5-4-11(19)7-12(13)20-14(22)8-21-17(23)15-9-2-3-10(6-9)16(15)18(21)24/h2-5,7,9-10,15-16H,6,8H2,1H3,(H,20,22)/t9-,10+,15-,16-/m0/s1. The summed E-state index contributed by atoms with van der Waals surface area (Å²) in [7, 11) is 1.48. The molecule has 3 amide bonds. The lowest BCUT2D eigenvalue weighted by Gasteiger charge is -2.17. The number of methoxy groups -OCH3 is 1. The van der Waals surface area contributed by atoms with E-state index in [1.807, 2.05) is 12.2 Å².